The summed E-state index contributed by atoms with van der Waals surface area (Å²) in [6.45, 7) is 6.59. The van der Waals surface area contributed by atoms with Crippen molar-refractivity contribution in [1.82, 2.24) is 15.4 Å². The molecule has 1 N–H and O–H groups in total. The number of fused-ring (bicyclic) bond motifs is 1. The first kappa shape index (κ1) is 24.3. The maximum absolute atomic E-state index is 13.0. The Bertz CT molecular complexity index is 972. The average molecular weight is 468 g/mol. The second kappa shape index (κ2) is 11.1. The van der Waals surface area contributed by atoms with E-state index < -0.39 is 0 Å². The first-order chi connectivity index (χ1) is 16.5. The van der Waals surface area contributed by atoms with Gasteiger partial charge in [-0.05, 0) is 63.5 Å². The normalized spacial score (nSPS) is 19.2. The van der Waals surface area contributed by atoms with Crippen LogP contribution in [-0.4, -0.2) is 48.1 Å². The van der Waals surface area contributed by atoms with Gasteiger partial charge in [0.15, 0.2) is 0 Å². The zero-order valence-corrected chi connectivity index (χ0v) is 20.5. The average Bonchev–Trinajstić information content (AvgIpc) is 3.18. The number of carbonyl (C=O) groups excluding carboxylic acids is 2. The summed E-state index contributed by atoms with van der Waals surface area (Å²) >= 11 is 0. The Balaban J connectivity index is 1.37. The number of hydrogen-bond donors (Lipinski definition) is 1. The Morgan fingerprint density at radius 3 is 2.62 bits per heavy atom. The lowest BCUT2D eigenvalue weighted by molar-refractivity contribution is -0.133. The highest BCUT2D eigenvalue weighted by molar-refractivity contribution is 5.96. The van der Waals surface area contributed by atoms with Gasteiger partial charge in [0, 0.05) is 31.6 Å². The lowest BCUT2D eigenvalue weighted by Gasteiger charge is -2.42. The van der Waals surface area contributed by atoms with Gasteiger partial charge in [-0.1, -0.05) is 36.6 Å². The van der Waals surface area contributed by atoms with Gasteiger partial charge in [-0.3, -0.25) is 9.59 Å². The number of carbonyl (C=O) groups is 2. The third-order valence-corrected chi connectivity index (χ3v) is 7.56. The fraction of sp³-hybridized carbons (Fsp3) is 0.593. The van der Waals surface area contributed by atoms with Gasteiger partial charge in [-0.15, -0.1) is 0 Å². The van der Waals surface area contributed by atoms with Gasteiger partial charge in [-0.2, -0.15) is 0 Å². The Hall–Kier alpha value is -2.83. The van der Waals surface area contributed by atoms with Crippen LogP contribution in [0.4, 0.5) is 0 Å². The van der Waals surface area contributed by atoms with Crippen LogP contribution in [0, 0.1) is 19.3 Å². The molecular formula is C27H37N3O4. The summed E-state index contributed by atoms with van der Waals surface area (Å²) in [5.41, 5.74) is 2.56. The molecule has 0 atom stereocenters. The fourth-order valence-electron chi connectivity index (χ4n) is 5.28. The highest BCUT2D eigenvalue weighted by atomic mass is 16.5. The highest BCUT2D eigenvalue weighted by Gasteiger charge is 2.36. The number of nitrogens with zero attached hydrogens (tertiary/aromatic N) is 2. The van der Waals surface area contributed by atoms with E-state index in [4.69, 9.17) is 9.26 Å². The lowest BCUT2D eigenvalue weighted by Crippen LogP contribution is -2.48. The zero-order valence-electron chi connectivity index (χ0n) is 20.5. The van der Waals surface area contributed by atoms with E-state index in [1.165, 1.54) is 6.42 Å². The van der Waals surface area contributed by atoms with Crippen LogP contribution in [0.5, 0.6) is 5.75 Å². The molecule has 0 unspecified atom stereocenters. The van der Waals surface area contributed by atoms with E-state index in [-0.39, 0.29) is 17.2 Å². The standard InChI is InChI=1S/C27H37N3O4/c1-20-22(21(2)34-29-20)11-12-25(31)30-16-14-27(15-17-30)13-7-3-4-8-18-33-24-10-6-5-9-23(24)26(32)28-19-27/h5-6,9-10H,3-4,7-8,11-19H2,1-2H3,(H,28,32). The molecule has 1 spiro atoms. The van der Waals surface area contributed by atoms with Crippen molar-refractivity contribution in [3.63, 3.8) is 0 Å². The molecule has 2 amide bonds. The van der Waals surface area contributed by atoms with Crippen LogP contribution in [-0.2, 0) is 11.2 Å². The second-order valence-electron chi connectivity index (χ2n) is 9.88. The summed E-state index contributed by atoms with van der Waals surface area (Å²) in [5, 5.41) is 7.19. The van der Waals surface area contributed by atoms with Gasteiger partial charge in [0.1, 0.15) is 11.5 Å². The number of amides is 2. The number of piperidine rings is 1. The summed E-state index contributed by atoms with van der Waals surface area (Å²) in [4.78, 5) is 27.9. The van der Waals surface area contributed by atoms with Crippen molar-refractivity contribution in [2.45, 2.75) is 71.6 Å². The third kappa shape index (κ3) is 5.80. The number of hydrogen-bond acceptors (Lipinski definition) is 5. The molecule has 0 radical (unpaired) electrons. The van der Waals surface area contributed by atoms with E-state index in [0.717, 1.165) is 68.6 Å². The minimum Gasteiger partial charge on any atom is -0.493 e. The Labute approximate surface area is 202 Å². The predicted octanol–water partition coefficient (Wildman–Crippen LogP) is 4.61. The van der Waals surface area contributed by atoms with Crippen LogP contribution in [0.2, 0.25) is 0 Å². The number of ether oxygens (including phenoxy) is 1. The van der Waals surface area contributed by atoms with Crippen LogP contribution in [0.25, 0.3) is 0 Å². The number of para-hydroxylation sites is 1. The van der Waals surface area contributed by atoms with Crippen molar-refractivity contribution >= 4 is 11.8 Å². The van der Waals surface area contributed by atoms with Crippen LogP contribution in [0.1, 0.15) is 78.7 Å². The fourth-order valence-corrected chi connectivity index (χ4v) is 5.28. The maximum atomic E-state index is 13.0. The Morgan fingerprint density at radius 2 is 1.85 bits per heavy atom. The number of rotatable bonds is 3. The van der Waals surface area contributed by atoms with Crippen LogP contribution in [0.15, 0.2) is 28.8 Å². The van der Waals surface area contributed by atoms with Gasteiger partial charge >= 0.3 is 0 Å². The molecule has 4 rings (SSSR count). The molecule has 2 aliphatic rings. The predicted molar refractivity (Wildman–Crippen MR) is 130 cm³/mol. The molecule has 184 valence electrons. The van der Waals surface area contributed by atoms with E-state index in [1.54, 1.807) is 0 Å². The molecule has 3 heterocycles. The smallest absolute Gasteiger partial charge is 0.255 e. The summed E-state index contributed by atoms with van der Waals surface area (Å²) in [7, 11) is 0. The van der Waals surface area contributed by atoms with Crippen molar-refractivity contribution < 1.29 is 18.8 Å². The van der Waals surface area contributed by atoms with Gasteiger partial charge in [0.2, 0.25) is 5.91 Å². The van der Waals surface area contributed by atoms with Gasteiger partial charge in [-0.25, -0.2) is 0 Å². The zero-order chi connectivity index (χ0) is 24.0. The highest BCUT2D eigenvalue weighted by Crippen LogP contribution is 2.37. The summed E-state index contributed by atoms with van der Waals surface area (Å²) in [5.74, 6) is 1.57. The van der Waals surface area contributed by atoms with Crippen LogP contribution < -0.4 is 10.1 Å². The van der Waals surface area contributed by atoms with E-state index in [9.17, 15) is 9.59 Å². The van der Waals surface area contributed by atoms with Crippen molar-refractivity contribution in [3.05, 3.63) is 46.8 Å². The molecule has 7 heteroatoms. The first-order valence-corrected chi connectivity index (χ1v) is 12.7. The third-order valence-electron chi connectivity index (χ3n) is 7.56. The number of nitrogens with one attached hydrogen (secondary N) is 1. The number of likely N-dealkylation sites (tertiary alicyclic amines) is 1. The number of aryl methyl sites for hydroxylation is 2. The number of aromatic nitrogens is 1. The van der Waals surface area contributed by atoms with Gasteiger partial charge in [0.05, 0.1) is 17.9 Å². The Morgan fingerprint density at radius 1 is 1.09 bits per heavy atom. The van der Waals surface area contributed by atoms with E-state index in [1.807, 2.05) is 43.0 Å². The molecular weight excluding hydrogens is 430 g/mol. The molecule has 34 heavy (non-hydrogen) atoms. The van der Waals surface area contributed by atoms with Crippen molar-refractivity contribution in [1.29, 1.82) is 0 Å². The van der Waals surface area contributed by atoms with Crippen molar-refractivity contribution in [2.24, 2.45) is 5.41 Å². The molecule has 1 saturated heterocycles. The van der Waals surface area contributed by atoms with E-state index >= 15 is 0 Å². The summed E-state index contributed by atoms with van der Waals surface area (Å²) < 4.78 is 11.1. The van der Waals surface area contributed by atoms with E-state index in [2.05, 4.69) is 10.5 Å². The second-order valence-corrected chi connectivity index (χ2v) is 9.88. The topological polar surface area (TPSA) is 84.7 Å². The minimum atomic E-state index is -0.0767. The quantitative estimate of drug-likeness (QED) is 0.713. The molecule has 0 aliphatic carbocycles. The largest absolute Gasteiger partial charge is 0.493 e. The van der Waals surface area contributed by atoms with Gasteiger partial charge in [0.25, 0.3) is 5.91 Å². The van der Waals surface area contributed by atoms with E-state index in [0.29, 0.717) is 37.3 Å². The molecule has 0 saturated carbocycles. The maximum Gasteiger partial charge on any atom is 0.255 e. The molecule has 2 aliphatic heterocycles. The molecule has 7 nitrogen and oxygen atoms in total. The number of benzene rings is 1. The lowest BCUT2D eigenvalue weighted by atomic mass is 9.74. The molecule has 0 bridgehead atoms. The van der Waals surface area contributed by atoms with Crippen molar-refractivity contribution in [3.8, 4) is 5.75 Å². The monoisotopic (exact) mass is 467 g/mol. The van der Waals surface area contributed by atoms with Crippen LogP contribution >= 0.6 is 0 Å². The van der Waals surface area contributed by atoms with Crippen molar-refractivity contribution in [2.75, 3.05) is 26.2 Å². The molecule has 2 aromatic rings. The summed E-state index contributed by atoms with van der Waals surface area (Å²) in [6, 6.07) is 7.49. The first-order valence-electron chi connectivity index (χ1n) is 12.7. The Kier molecular flexibility index (Phi) is 7.91. The summed E-state index contributed by atoms with van der Waals surface area (Å²) in [6.07, 6.45) is 8.50. The minimum absolute atomic E-state index is 0.0396. The molecule has 1 fully saturated rings. The van der Waals surface area contributed by atoms with Gasteiger partial charge < -0.3 is 19.5 Å². The molecule has 1 aromatic heterocycles. The molecule has 1 aromatic carbocycles. The SMILES string of the molecule is Cc1noc(C)c1CCC(=O)N1CCC2(CCCCCCOc3ccccc3C(=O)NC2)CC1. The van der Waals surface area contributed by atoms with Crippen LogP contribution in [0.3, 0.4) is 0 Å².